The van der Waals surface area contributed by atoms with E-state index >= 15 is 0 Å². The van der Waals surface area contributed by atoms with Crippen LogP contribution in [0, 0.1) is 6.92 Å². The van der Waals surface area contributed by atoms with Crippen molar-refractivity contribution >= 4 is 11.6 Å². The van der Waals surface area contributed by atoms with Crippen LogP contribution in [0.5, 0.6) is 0 Å². The highest BCUT2D eigenvalue weighted by atomic mass is 35.5. The predicted octanol–water partition coefficient (Wildman–Crippen LogP) is 4.33. The van der Waals surface area contributed by atoms with Crippen molar-refractivity contribution in [1.82, 2.24) is 10.3 Å². The van der Waals surface area contributed by atoms with E-state index in [4.69, 9.17) is 11.6 Å². The second-order valence-corrected chi connectivity index (χ2v) is 5.48. The third kappa shape index (κ3) is 4.06. The smallest absolute Gasteiger partial charge is 0.0762 e. The van der Waals surface area contributed by atoms with Crippen LogP contribution in [0.2, 0.25) is 5.02 Å². The molecular weight excluding hydrogens is 268 g/mol. The van der Waals surface area contributed by atoms with Crippen molar-refractivity contribution < 1.29 is 0 Å². The molecule has 0 saturated heterocycles. The molecule has 106 valence electrons. The average molecular weight is 289 g/mol. The van der Waals surface area contributed by atoms with Gasteiger partial charge in [-0.1, -0.05) is 48.4 Å². The lowest BCUT2D eigenvalue weighted by Crippen LogP contribution is -2.25. The molecule has 0 aliphatic carbocycles. The minimum Gasteiger partial charge on any atom is -0.308 e. The predicted molar refractivity (Wildman–Crippen MR) is 85.2 cm³/mol. The third-order valence-electron chi connectivity index (χ3n) is 3.28. The molecule has 20 heavy (non-hydrogen) atoms. The first-order chi connectivity index (χ1) is 9.70. The maximum Gasteiger partial charge on any atom is 0.0762 e. The molecule has 2 aromatic rings. The van der Waals surface area contributed by atoms with Gasteiger partial charge in [0.2, 0.25) is 0 Å². The van der Waals surface area contributed by atoms with E-state index in [1.54, 1.807) is 6.20 Å². The van der Waals surface area contributed by atoms with E-state index < -0.39 is 0 Å². The minimum absolute atomic E-state index is 0.158. The van der Waals surface area contributed by atoms with Gasteiger partial charge < -0.3 is 5.32 Å². The van der Waals surface area contributed by atoms with Crippen LogP contribution in [-0.4, -0.2) is 11.5 Å². The van der Waals surface area contributed by atoms with E-state index in [9.17, 15) is 0 Å². The lowest BCUT2D eigenvalue weighted by Gasteiger charge is -2.19. The summed E-state index contributed by atoms with van der Waals surface area (Å²) in [7, 11) is 0. The van der Waals surface area contributed by atoms with E-state index in [1.807, 2.05) is 12.1 Å². The van der Waals surface area contributed by atoms with E-state index in [-0.39, 0.29) is 6.04 Å². The zero-order chi connectivity index (χ0) is 14.4. The van der Waals surface area contributed by atoms with Crippen molar-refractivity contribution in [2.24, 2.45) is 0 Å². The van der Waals surface area contributed by atoms with Gasteiger partial charge in [-0.2, -0.15) is 0 Å². The number of aromatic nitrogens is 1. The van der Waals surface area contributed by atoms with Crippen LogP contribution < -0.4 is 5.32 Å². The molecule has 0 aliphatic rings. The fourth-order valence-electron chi connectivity index (χ4n) is 2.31. The molecule has 1 aromatic carbocycles. The van der Waals surface area contributed by atoms with E-state index in [0.29, 0.717) is 0 Å². The molecule has 1 N–H and O–H groups in total. The Morgan fingerprint density at radius 2 is 2.10 bits per heavy atom. The second-order valence-electron chi connectivity index (χ2n) is 5.07. The van der Waals surface area contributed by atoms with Crippen LogP contribution in [0.3, 0.4) is 0 Å². The van der Waals surface area contributed by atoms with Gasteiger partial charge in [0, 0.05) is 6.20 Å². The van der Waals surface area contributed by atoms with Gasteiger partial charge in [-0.15, -0.1) is 0 Å². The molecule has 2 nitrogen and oxygen atoms in total. The molecular formula is C17H21ClN2. The van der Waals surface area contributed by atoms with E-state index in [1.165, 1.54) is 11.1 Å². The summed E-state index contributed by atoms with van der Waals surface area (Å²) >= 11 is 6.29. The average Bonchev–Trinajstić information content (AvgIpc) is 2.44. The molecule has 1 aromatic heterocycles. The normalized spacial score (nSPS) is 12.3. The van der Waals surface area contributed by atoms with Crippen LogP contribution in [-0.2, 0) is 6.42 Å². The molecule has 0 radical (unpaired) electrons. The first kappa shape index (κ1) is 15.0. The number of rotatable bonds is 6. The van der Waals surface area contributed by atoms with Gasteiger partial charge in [-0.25, -0.2) is 0 Å². The SMILES string of the molecule is CCCNC(Cc1cccc(C)c1)c1ncccc1Cl. The Balaban J connectivity index is 2.22. The highest BCUT2D eigenvalue weighted by molar-refractivity contribution is 6.31. The Hall–Kier alpha value is -1.38. The third-order valence-corrected chi connectivity index (χ3v) is 3.60. The molecule has 3 heteroatoms. The lowest BCUT2D eigenvalue weighted by molar-refractivity contribution is 0.518. The fourth-order valence-corrected chi connectivity index (χ4v) is 2.57. The van der Waals surface area contributed by atoms with Gasteiger partial charge in [0.15, 0.2) is 0 Å². The Bertz CT molecular complexity index is 554. The summed E-state index contributed by atoms with van der Waals surface area (Å²) in [4.78, 5) is 4.46. The Labute approximate surface area is 126 Å². The monoisotopic (exact) mass is 288 g/mol. The molecule has 0 aliphatic heterocycles. The summed E-state index contributed by atoms with van der Waals surface area (Å²) in [6, 6.07) is 12.5. The molecule has 1 atom stereocenters. The summed E-state index contributed by atoms with van der Waals surface area (Å²) in [6.45, 7) is 5.24. The van der Waals surface area contributed by atoms with E-state index in [0.717, 1.165) is 30.1 Å². The van der Waals surface area contributed by atoms with Crippen LogP contribution in [0.1, 0.15) is 36.2 Å². The lowest BCUT2D eigenvalue weighted by atomic mass is 10.0. The molecule has 0 saturated carbocycles. The maximum absolute atomic E-state index is 6.29. The number of nitrogens with zero attached hydrogens (tertiary/aromatic N) is 1. The number of aryl methyl sites for hydroxylation is 1. The fraction of sp³-hybridized carbons (Fsp3) is 0.353. The summed E-state index contributed by atoms with van der Waals surface area (Å²) in [5.41, 5.74) is 3.52. The quantitative estimate of drug-likeness (QED) is 0.856. The molecule has 1 unspecified atom stereocenters. The summed E-state index contributed by atoms with van der Waals surface area (Å²) in [5.74, 6) is 0. The molecule has 1 heterocycles. The number of pyridine rings is 1. The zero-order valence-electron chi connectivity index (χ0n) is 12.1. The Morgan fingerprint density at radius 1 is 1.25 bits per heavy atom. The summed E-state index contributed by atoms with van der Waals surface area (Å²) in [6.07, 6.45) is 3.80. The maximum atomic E-state index is 6.29. The van der Waals surface area contributed by atoms with Gasteiger partial charge in [0.05, 0.1) is 16.8 Å². The molecule has 0 spiro atoms. The van der Waals surface area contributed by atoms with Crippen LogP contribution in [0.4, 0.5) is 0 Å². The van der Waals surface area contributed by atoms with Crippen molar-refractivity contribution in [3.63, 3.8) is 0 Å². The Kier molecular flexibility index (Phi) is 5.57. The van der Waals surface area contributed by atoms with E-state index in [2.05, 4.69) is 48.4 Å². The number of hydrogen-bond donors (Lipinski definition) is 1. The molecule has 2 rings (SSSR count). The molecule has 0 amide bonds. The largest absolute Gasteiger partial charge is 0.308 e. The zero-order valence-corrected chi connectivity index (χ0v) is 12.8. The van der Waals surface area contributed by atoms with Crippen LogP contribution >= 0.6 is 11.6 Å². The van der Waals surface area contributed by atoms with Gasteiger partial charge in [-0.3, -0.25) is 4.98 Å². The van der Waals surface area contributed by atoms with Gasteiger partial charge in [0.1, 0.15) is 0 Å². The van der Waals surface area contributed by atoms with Gasteiger partial charge in [0.25, 0.3) is 0 Å². The van der Waals surface area contributed by atoms with Crippen LogP contribution in [0.15, 0.2) is 42.6 Å². The number of benzene rings is 1. The second kappa shape index (κ2) is 7.41. The summed E-state index contributed by atoms with van der Waals surface area (Å²) in [5, 5.41) is 4.28. The first-order valence-electron chi connectivity index (χ1n) is 7.10. The molecule has 0 bridgehead atoms. The topological polar surface area (TPSA) is 24.9 Å². The molecule has 0 fully saturated rings. The van der Waals surface area contributed by atoms with Gasteiger partial charge >= 0.3 is 0 Å². The number of hydrogen-bond acceptors (Lipinski definition) is 2. The van der Waals surface area contributed by atoms with Crippen molar-refractivity contribution in [2.45, 2.75) is 32.7 Å². The van der Waals surface area contributed by atoms with Crippen molar-refractivity contribution in [3.8, 4) is 0 Å². The number of nitrogens with one attached hydrogen (secondary N) is 1. The first-order valence-corrected chi connectivity index (χ1v) is 7.48. The highest BCUT2D eigenvalue weighted by Gasteiger charge is 2.16. The van der Waals surface area contributed by atoms with Gasteiger partial charge in [-0.05, 0) is 44.0 Å². The standard InChI is InChI=1S/C17H21ClN2/c1-3-9-19-16(17-15(18)8-5-10-20-17)12-14-7-4-6-13(2)11-14/h4-8,10-11,16,19H,3,9,12H2,1-2H3. The van der Waals surface area contributed by atoms with Crippen molar-refractivity contribution in [2.75, 3.05) is 6.54 Å². The van der Waals surface area contributed by atoms with Crippen molar-refractivity contribution in [3.05, 3.63) is 64.4 Å². The van der Waals surface area contributed by atoms with Crippen molar-refractivity contribution in [1.29, 1.82) is 0 Å². The highest BCUT2D eigenvalue weighted by Crippen LogP contribution is 2.23. The summed E-state index contributed by atoms with van der Waals surface area (Å²) < 4.78 is 0. The van der Waals surface area contributed by atoms with Crippen LogP contribution in [0.25, 0.3) is 0 Å². The minimum atomic E-state index is 0.158. The number of halogens is 1. The Morgan fingerprint density at radius 3 is 2.80 bits per heavy atom.